The zero-order valence-electron chi connectivity index (χ0n) is 14.6. The summed E-state index contributed by atoms with van der Waals surface area (Å²) in [6.45, 7) is 0. The van der Waals surface area contributed by atoms with Gasteiger partial charge in [0.25, 0.3) is 5.91 Å². The summed E-state index contributed by atoms with van der Waals surface area (Å²) >= 11 is 0. The maximum absolute atomic E-state index is 12.6. The average molecular weight is 354 g/mol. The Morgan fingerprint density at radius 1 is 0.852 bits per heavy atom. The number of benzene rings is 3. The molecule has 0 fully saturated rings. The van der Waals surface area contributed by atoms with Crippen LogP contribution in [0.25, 0.3) is 5.69 Å². The van der Waals surface area contributed by atoms with Gasteiger partial charge in [0, 0.05) is 5.69 Å². The van der Waals surface area contributed by atoms with E-state index in [1.165, 1.54) is 5.56 Å². The van der Waals surface area contributed by atoms with Crippen molar-refractivity contribution in [2.45, 2.75) is 6.42 Å². The molecular formula is C22H18N4O. The van der Waals surface area contributed by atoms with E-state index >= 15 is 0 Å². The van der Waals surface area contributed by atoms with Crippen LogP contribution in [0, 0.1) is 0 Å². The minimum Gasteiger partial charge on any atom is -0.320 e. The minimum absolute atomic E-state index is 0.272. The van der Waals surface area contributed by atoms with Gasteiger partial charge in [-0.05, 0) is 35.7 Å². The Morgan fingerprint density at radius 2 is 1.52 bits per heavy atom. The van der Waals surface area contributed by atoms with Gasteiger partial charge in [-0.1, -0.05) is 71.9 Å². The molecule has 0 unspecified atom stereocenters. The molecule has 1 N–H and O–H groups in total. The van der Waals surface area contributed by atoms with Gasteiger partial charge in [-0.25, -0.2) is 4.68 Å². The Balaban J connectivity index is 1.53. The van der Waals surface area contributed by atoms with E-state index in [-0.39, 0.29) is 11.6 Å². The zero-order valence-corrected chi connectivity index (χ0v) is 14.6. The second-order valence-corrected chi connectivity index (χ2v) is 6.16. The normalized spacial score (nSPS) is 10.5. The highest BCUT2D eigenvalue weighted by molar-refractivity contribution is 6.03. The number of nitrogens with one attached hydrogen (secondary N) is 1. The van der Waals surface area contributed by atoms with E-state index in [1.807, 2.05) is 72.8 Å². The molecule has 5 heteroatoms. The highest BCUT2D eigenvalue weighted by atomic mass is 16.2. The van der Waals surface area contributed by atoms with Crippen molar-refractivity contribution in [1.29, 1.82) is 0 Å². The van der Waals surface area contributed by atoms with Gasteiger partial charge < -0.3 is 5.32 Å². The molecule has 0 aliphatic heterocycles. The second kappa shape index (κ2) is 7.66. The number of nitrogens with zero attached hydrogens (tertiary/aromatic N) is 3. The van der Waals surface area contributed by atoms with E-state index in [0.717, 1.165) is 23.4 Å². The Hall–Kier alpha value is -3.73. The maximum Gasteiger partial charge on any atom is 0.277 e. The lowest BCUT2D eigenvalue weighted by atomic mass is 10.0. The van der Waals surface area contributed by atoms with Gasteiger partial charge in [0.1, 0.15) is 0 Å². The number of anilines is 1. The van der Waals surface area contributed by atoms with Crippen LogP contribution in [0.3, 0.4) is 0 Å². The number of amides is 1. The number of para-hydroxylation sites is 2. The molecule has 0 aliphatic rings. The van der Waals surface area contributed by atoms with E-state index < -0.39 is 0 Å². The summed E-state index contributed by atoms with van der Waals surface area (Å²) in [7, 11) is 0. The Labute approximate surface area is 157 Å². The van der Waals surface area contributed by atoms with Gasteiger partial charge >= 0.3 is 0 Å². The van der Waals surface area contributed by atoms with Gasteiger partial charge in [0.15, 0.2) is 5.69 Å². The second-order valence-electron chi connectivity index (χ2n) is 6.16. The van der Waals surface area contributed by atoms with Crippen molar-refractivity contribution in [1.82, 2.24) is 15.0 Å². The summed E-state index contributed by atoms with van der Waals surface area (Å²) in [5.74, 6) is -0.280. The molecular weight excluding hydrogens is 336 g/mol. The third-order valence-corrected chi connectivity index (χ3v) is 4.25. The smallest absolute Gasteiger partial charge is 0.277 e. The summed E-state index contributed by atoms with van der Waals surface area (Å²) in [6.07, 6.45) is 2.37. The van der Waals surface area contributed by atoms with Crippen LogP contribution >= 0.6 is 0 Å². The van der Waals surface area contributed by atoms with Crippen LogP contribution in [0.15, 0.2) is 91.1 Å². The van der Waals surface area contributed by atoms with Crippen molar-refractivity contribution < 1.29 is 4.79 Å². The van der Waals surface area contributed by atoms with Crippen molar-refractivity contribution in [2.24, 2.45) is 0 Å². The van der Waals surface area contributed by atoms with E-state index in [0.29, 0.717) is 0 Å². The van der Waals surface area contributed by atoms with Crippen LogP contribution in [-0.4, -0.2) is 20.9 Å². The molecule has 132 valence electrons. The van der Waals surface area contributed by atoms with Gasteiger partial charge in [-0.3, -0.25) is 4.79 Å². The molecule has 27 heavy (non-hydrogen) atoms. The van der Waals surface area contributed by atoms with Crippen LogP contribution < -0.4 is 5.32 Å². The van der Waals surface area contributed by atoms with Crippen LogP contribution in [0.4, 0.5) is 5.69 Å². The monoisotopic (exact) mass is 354 g/mol. The quantitative estimate of drug-likeness (QED) is 0.587. The van der Waals surface area contributed by atoms with Gasteiger partial charge in [0.2, 0.25) is 0 Å². The molecule has 4 rings (SSSR count). The molecule has 0 bridgehead atoms. The Morgan fingerprint density at radius 3 is 2.30 bits per heavy atom. The number of hydrogen-bond donors (Lipinski definition) is 1. The van der Waals surface area contributed by atoms with Crippen molar-refractivity contribution in [3.63, 3.8) is 0 Å². The van der Waals surface area contributed by atoms with Crippen LogP contribution in [-0.2, 0) is 6.42 Å². The van der Waals surface area contributed by atoms with Crippen molar-refractivity contribution in [2.75, 3.05) is 5.32 Å². The molecule has 0 radical (unpaired) electrons. The standard InChI is InChI=1S/C22H18N4O/c27-22(21-16-26(25-24-21)19-12-5-2-6-13-19)23-20-14-8-7-11-18(20)15-17-9-3-1-4-10-17/h1-14,16H,15H2,(H,23,27). The lowest BCUT2D eigenvalue weighted by molar-refractivity contribution is 0.102. The Kier molecular flexibility index (Phi) is 4.74. The fourth-order valence-electron chi connectivity index (χ4n) is 2.87. The summed E-state index contributed by atoms with van der Waals surface area (Å²) in [4.78, 5) is 12.6. The van der Waals surface area contributed by atoms with Crippen LogP contribution in [0.2, 0.25) is 0 Å². The topological polar surface area (TPSA) is 59.8 Å². The van der Waals surface area contributed by atoms with Gasteiger partial charge in [-0.2, -0.15) is 0 Å². The zero-order chi connectivity index (χ0) is 18.5. The molecule has 3 aromatic carbocycles. The fraction of sp³-hybridized carbons (Fsp3) is 0.0455. The maximum atomic E-state index is 12.6. The molecule has 5 nitrogen and oxygen atoms in total. The predicted octanol–water partition coefficient (Wildman–Crippen LogP) is 4.11. The summed E-state index contributed by atoms with van der Waals surface area (Å²) in [6, 6.07) is 27.5. The molecule has 1 aromatic heterocycles. The first-order chi connectivity index (χ1) is 13.3. The van der Waals surface area contributed by atoms with Crippen LogP contribution in [0.1, 0.15) is 21.6 Å². The SMILES string of the molecule is O=C(Nc1ccccc1Cc1ccccc1)c1cn(-c2ccccc2)nn1. The van der Waals surface area contributed by atoms with E-state index in [2.05, 4.69) is 27.8 Å². The third-order valence-electron chi connectivity index (χ3n) is 4.25. The van der Waals surface area contributed by atoms with Crippen molar-refractivity contribution in [3.05, 3.63) is 108 Å². The van der Waals surface area contributed by atoms with E-state index in [4.69, 9.17) is 0 Å². The van der Waals surface area contributed by atoms with E-state index in [1.54, 1.807) is 10.9 Å². The largest absolute Gasteiger partial charge is 0.320 e. The molecule has 1 amide bonds. The number of rotatable bonds is 5. The molecule has 0 saturated carbocycles. The lowest BCUT2D eigenvalue weighted by Gasteiger charge is -2.10. The fourth-order valence-corrected chi connectivity index (χ4v) is 2.87. The third kappa shape index (κ3) is 3.93. The molecule has 0 spiro atoms. The highest BCUT2D eigenvalue weighted by Crippen LogP contribution is 2.20. The van der Waals surface area contributed by atoms with Gasteiger partial charge in [-0.15, -0.1) is 5.10 Å². The van der Waals surface area contributed by atoms with E-state index in [9.17, 15) is 4.79 Å². The van der Waals surface area contributed by atoms with Crippen molar-refractivity contribution >= 4 is 11.6 Å². The minimum atomic E-state index is -0.280. The number of carbonyl (C=O) groups is 1. The predicted molar refractivity (Wildman–Crippen MR) is 105 cm³/mol. The highest BCUT2D eigenvalue weighted by Gasteiger charge is 2.13. The number of hydrogen-bond acceptors (Lipinski definition) is 3. The van der Waals surface area contributed by atoms with Crippen molar-refractivity contribution in [3.8, 4) is 5.69 Å². The Bertz CT molecular complexity index is 1040. The summed E-state index contributed by atoms with van der Waals surface area (Å²) in [5, 5.41) is 11.0. The molecule has 0 saturated heterocycles. The summed E-state index contributed by atoms with van der Waals surface area (Å²) in [5.41, 5.74) is 4.14. The molecule has 0 atom stereocenters. The lowest BCUT2D eigenvalue weighted by Crippen LogP contribution is -2.14. The summed E-state index contributed by atoms with van der Waals surface area (Å²) < 4.78 is 1.59. The molecule has 4 aromatic rings. The number of carbonyl (C=O) groups excluding carboxylic acids is 1. The first kappa shape index (κ1) is 16.7. The van der Waals surface area contributed by atoms with Gasteiger partial charge in [0.05, 0.1) is 11.9 Å². The molecule has 1 heterocycles. The molecule has 0 aliphatic carbocycles. The number of aromatic nitrogens is 3. The van der Waals surface area contributed by atoms with Crippen LogP contribution in [0.5, 0.6) is 0 Å². The first-order valence-corrected chi connectivity index (χ1v) is 8.70. The first-order valence-electron chi connectivity index (χ1n) is 8.70. The average Bonchev–Trinajstić information content (AvgIpc) is 3.21.